The van der Waals surface area contributed by atoms with Crippen LogP contribution in [0.25, 0.3) is 0 Å². The number of amides is 1. The fourth-order valence-corrected chi connectivity index (χ4v) is 5.92. The number of aryl methyl sites for hydroxylation is 1. The molecule has 0 saturated carbocycles. The molecule has 212 valence electrons. The molecule has 0 unspecified atom stereocenters. The molecule has 12 heteroatoms. The second-order valence-corrected chi connectivity index (χ2v) is 10.7. The van der Waals surface area contributed by atoms with Crippen LogP contribution in [0.2, 0.25) is 5.15 Å². The fraction of sp³-hybridized carbons (Fsp3) is 0.556. The molecule has 1 atom stereocenters. The van der Waals surface area contributed by atoms with Gasteiger partial charge in [0.25, 0.3) is 5.91 Å². The number of hydrogen-bond acceptors (Lipinski definition) is 9. The van der Waals surface area contributed by atoms with Crippen LogP contribution in [0, 0.1) is 12.3 Å². The zero-order chi connectivity index (χ0) is 28.1. The van der Waals surface area contributed by atoms with Gasteiger partial charge < -0.3 is 26.8 Å². The number of halogens is 1. The summed E-state index contributed by atoms with van der Waals surface area (Å²) in [6, 6.07) is 7.02. The van der Waals surface area contributed by atoms with Gasteiger partial charge in [0.2, 0.25) is 0 Å². The quantitative estimate of drug-likeness (QED) is 0.228. The van der Waals surface area contributed by atoms with E-state index in [0.29, 0.717) is 17.9 Å². The third kappa shape index (κ3) is 6.78. The van der Waals surface area contributed by atoms with E-state index in [-0.39, 0.29) is 35.7 Å². The molecule has 2 aliphatic heterocycles. The highest BCUT2D eigenvalue weighted by atomic mass is 35.5. The van der Waals surface area contributed by atoms with E-state index in [1.165, 1.54) is 0 Å². The first-order valence-corrected chi connectivity index (χ1v) is 14.0. The van der Waals surface area contributed by atoms with Gasteiger partial charge in [0, 0.05) is 50.4 Å². The molecule has 3 heterocycles. The number of nitrogens with zero attached hydrogens (tertiary/aromatic N) is 5. The molecule has 11 nitrogen and oxygen atoms in total. The number of nitrogens with one attached hydrogen (secondary N) is 2. The highest BCUT2D eigenvalue weighted by Gasteiger charge is 2.34. The van der Waals surface area contributed by atoms with Crippen LogP contribution in [0.5, 0.6) is 0 Å². The van der Waals surface area contributed by atoms with Gasteiger partial charge in [0.1, 0.15) is 5.84 Å². The minimum absolute atomic E-state index is 0.0224. The maximum atomic E-state index is 12.3. The number of carbonyl (C=O) groups excluding carboxylic acids is 1. The number of aromatic nitrogens is 2. The monoisotopic (exact) mass is 557 g/mol. The number of aliphatic hydroxyl groups excluding tert-OH is 1. The van der Waals surface area contributed by atoms with E-state index < -0.39 is 5.91 Å². The number of benzene rings is 1. The molecule has 2 fully saturated rings. The van der Waals surface area contributed by atoms with Crippen LogP contribution in [-0.2, 0) is 6.54 Å². The summed E-state index contributed by atoms with van der Waals surface area (Å²) >= 11 is 6.47. The third-order valence-electron chi connectivity index (χ3n) is 7.75. The molecular formula is C27H40ClN9O2. The summed E-state index contributed by atoms with van der Waals surface area (Å²) in [6.07, 6.45) is 3.16. The highest BCUT2D eigenvalue weighted by Crippen LogP contribution is 2.30. The maximum absolute atomic E-state index is 12.3. The lowest BCUT2D eigenvalue weighted by Crippen LogP contribution is -2.58. The van der Waals surface area contributed by atoms with Crippen molar-refractivity contribution in [2.24, 2.45) is 5.73 Å². The van der Waals surface area contributed by atoms with E-state index in [2.05, 4.69) is 49.0 Å². The average Bonchev–Trinajstić information content (AvgIpc) is 2.93. The van der Waals surface area contributed by atoms with Crippen LogP contribution in [0.15, 0.2) is 18.2 Å². The summed E-state index contributed by atoms with van der Waals surface area (Å²) in [6.45, 7) is 9.33. The summed E-state index contributed by atoms with van der Waals surface area (Å²) < 4.78 is 0. The van der Waals surface area contributed by atoms with Crippen LogP contribution >= 0.6 is 11.6 Å². The number of rotatable bonds is 9. The molecule has 0 spiro atoms. The molecule has 2 aliphatic rings. The van der Waals surface area contributed by atoms with Gasteiger partial charge >= 0.3 is 0 Å². The lowest BCUT2D eigenvalue weighted by molar-refractivity contribution is 0.0610. The van der Waals surface area contributed by atoms with Crippen molar-refractivity contribution in [2.45, 2.75) is 51.7 Å². The Kier molecular flexibility index (Phi) is 9.60. The first kappa shape index (κ1) is 29.0. The lowest BCUT2D eigenvalue weighted by atomic mass is 9.97. The van der Waals surface area contributed by atoms with Crippen molar-refractivity contribution in [3.05, 3.63) is 45.7 Å². The van der Waals surface area contributed by atoms with Gasteiger partial charge in [-0.05, 0) is 50.9 Å². The van der Waals surface area contributed by atoms with E-state index in [4.69, 9.17) is 33.6 Å². The Morgan fingerprint density at radius 3 is 2.64 bits per heavy atom. The highest BCUT2D eigenvalue weighted by molar-refractivity contribution is 6.32. The largest absolute Gasteiger partial charge is 0.395 e. The Hall–Kier alpha value is -2.99. The maximum Gasteiger partial charge on any atom is 0.273 e. The van der Waals surface area contributed by atoms with Gasteiger partial charge in [-0.2, -0.15) is 0 Å². The van der Waals surface area contributed by atoms with E-state index in [0.717, 1.165) is 75.2 Å². The van der Waals surface area contributed by atoms with Crippen molar-refractivity contribution >= 4 is 35.0 Å². The Morgan fingerprint density at radius 1 is 1.23 bits per heavy atom. The first-order valence-electron chi connectivity index (χ1n) is 13.6. The molecule has 0 bridgehead atoms. The zero-order valence-electron chi connectivity index (χ0n) is 22.8. The second-order valence-electron chi connectivity index (χ2n) is 10.4. The zero-order valence-corrected chi connectivity index (χ0v) is 23.5. The Bertz CT molecular complexity index is 1190. The van der Waals surface area contributed by atoms with Crippen molar-refractivity contribution in [3.8, 4) is 0 Å². The smallest absolute Gasteiger partial charge is 0.273 e. The molecule has 1 aromatic carbocycles. The molecule has 0 radical (unpaired) electrons. The second kappa shape index (κ2) is 12.9. The van der Waals surface area contributed by atoms with Crippen molar-refractivity contribution < 1.29 is 9.90 Å². The van der Waals surface area contributed by atoms with E-state index >= 15 is 0 Å². The molecule has 4 rings (SSSR count). The predicted octanol–water partition coefficient (Wildman–Crippen LogP) is 1.59. The predicted molar refractivity (Wildman–Crippen MR) is 154 cm³/mol. The SMILES string of the molecule is CC[C@H]1CN(c2nc(N)c(C(=O)NCCO)nc2Cl)CCN1C1CCN(Cc2ccc(C)cc2C(=N)N)CC1. The van der Waals surface area contributed by atoms with Crippen LogP contribution in [-0.4, -0.2) is 94.6 Å². The Morgan fingerprint density at radius 2 is 1.97 bits per heavy atom. The summed E-state index contributed by atoms with van der Waals surface area (Å²) in [5, 5.41) is 19.6. The van der Waals surface area contributed by atoms with Crippen molar-refractivity contribution in [3.63, 3.8) is 0 Å². The number of aliphatic hydroxyl groups is 1. The van der Waals surface area contributed by atoms with E-state index in [9.17, 15) is 4.79 Å². The molecule has 39 heavy (non-hydrogen) atoms. The van der Waals surface area contributed by atoms with Gasteiger partial charge in [0.05, 0.1) is 6.61 Å². The minimum Gasteiger partial charge on any atom is -0.395 e. The van der Waals surface area contributed by atoms with Gasteiger partial charge in [-0.15, -0.1) is 0 Å². The van der Waals surface area contributed by atoms with Crippen molar-refractivity contribution in [1.82, 2.24) is 25.1 Å². The van der Waals surface area contributed by atoms with E-state index in [1.54, 1.807) is 0 Å². The van der Waals surface area contributed by atoms with E-state index in [1.807, 2.05) is 13.0 Å². The van der Waals surface area contributed by atoms with Gasteiger partial charge in [-0.1, -0.05) is 36.2 Å². The van der Waals surface area contributed by atoms with Crippen molar-refractivity contribution in [2.75, 3.05) is 56.5 Å². The Labute approximate surface area is 235 Å². The topological polar surface area (TPSA) is 161 Å². The minimum atomic E-state index is -0.509. The molecule has 7 N–H and O–H groups in total. The number of hydrogen-bond donors (Lipinski definition) is 5. The van der Waals surface area contributed by atoms with Gasteiger partial charge in [-0.3, -0.25) is 20.0 Å². The van der Waals surface area contributed by atoms with Crippen LogP contribution in [0.4, 0.5) is 11.6 Å². The number of carbonyl (C=O) groups is 1. The summed E-state index contributed by atoms with van der Waals surface area (Å²) in [4.78, 5) is 28.1. The molecular weight excluding hydrogens is 518 g/mol. The molecule has 0 aliphatic carbocycles. The number of nitrogens with two attached hydrogens (primary N) is 2. The number of nitrogen functional groups attached to an aromatic ring is 2. The lowest BCUT2D eigenvalue weighted by Gasteiger charge is -2.47. The van der Waals surface area contributed by atoms with Crippen LogP contribution < -0.4 is 21.7 Å². The number of piperidine rings is 1. The first-order chi connectivity index (χ1) is 18.7. The van der Waals surface area contributed by atoms with Gasteiger partial charge in [0.15, 0.2) is 22.5 Å². The van der Waals surface area contributed by atoms with Crippen LogP contribution in [0.3, 0.4) is 0 Å². The number of anilines is 2. The molecule has 2 aromatic rings. The van der Waals surface area contributed by atoms with Gasteiger partial charge in [-0.25, -0.2) is 9.97 Å². The standard InChI is InChI=1S/C27H40ClN9O2/c1-3-19-16-36(26-23(28)33-22(25(31)34-26)27(39)32-8-13-38)11-12-37(19)20-6-9-35(10-7-20)15-18-5-4-17(2)14-21(18)24(29)30/h4-5,14,19-20,38H,3,6-13,15-16H2,1-2H3,(H3,29,30)(H2,31,34)(H,32,39)/t19-/m0/s1. The fourth-order valence-electron chi connectivity index (χ4n) is 5.67. The molecule has 1 amide bonds. The summed E-state index contributed by atoms with van der Waals surface area (Å²) in [5.41, 5.74) is 14.9. The average molecular weight is 558 g/mol. The summed E-state index contributed by atoms with van der Waals surface area (Å²) in [7, 11) is 0. The summed E-state index contributed by atoms with van der Waals surface area (Å²) in [5.74, 6) is 0.137. The van der Waals surface area contributed by atoms with Crippen molar-refractivity contribution in [1.29, 1.82) is 5.41 Å². The Balaban J connectivity index is 1.37. The van der Waals surface area contributed by atoms with Crippen LogP contribution in [0.1, 0.15) is 53.4 Å². The molecule has 2 saturated heterocycles. The molecule has 1 aromatic heterocycles. The number of piperazine rings is 1. The number of amidine groups is 1. The third-order valence-corrected chi connectivity index (χ3v) is 8.00. The number of likely N-dealkylation sites (tertiary alicyclic amines) is 1. The normalized spacial score (nSPS) is 19.3.